The Bertz CT molecular complexity index is 5280. The molecule has 8 saturated heterocycles. The number of rotatable bonds is 19. The van der Waals surface area contributed by atoms with Crippen LogP contribution in [0.2, 0.25) is 0 Å². The largest absolute Gasteiger partial charge is 0.394 e. The Balaban J connectivity index is 0.000000129. The summed E-state index contributed by atoms with van der Waals surface area (Å²) < 4.78 is 36.2. The number of sulfonamides is 1. The number of ether oxygens (including phenoxy) is 2. The molecule has 25 heteroatoms. The van der Waals surface area contributed by atoms with Crippen LogP contribution in [0.3, 0.4) is 0 Å². The van der Waals surface area contributed by atoms with E-state index in [-0.39, 0.29) is 165 Å². The number of aliphatic hydroxyl groups is 2. The van der Waals surface area contributed by atoms with Crippen LogP contribution < -0.4 is 16.0 Å². The van der Waals surface area contributed by atoms with Crippen molar-refractivity contribution in [2.45, 2.75) is 183 Å². The van der Waals surface area contributed by atoms with E-state index in [1.54, 1.807) is 38.7 Å². The van der Waals surface area contributed by atoms with Crippen LogP contribution in [-0.2, 0) is 38.7 Å². The lowest BCUT2D eigenvalue weighted by Gasteiger charge is -2.59. The zero-order valence-electron chi connectivity index (χ0n) is 73.2. The smallest absolute Gasteiger partial charge is 0.318 e. The summed E-state index contributed by atoms with van der Waals surface area (Å²) in [7, 11) is -0.0997. The molecule has 0 bridgehead atoms. The van der Waals surface area contributed by atoms with Gasteiger partial charge in [-0.25, -0.2) is 22.8 Å². The second-order valence-electron chi connectivity index (χ2n) is 35.6. The Kier molecular flexibility index (Phi) is 28.1. The van der Waals surface area contributed by atoms with Gasteiger partial charge in [0.05, 0.1) is 87.6 Å². The van der Waals surface area contributed by atoms with E-state index >= 15 is 0 Å². The number of nitrogens with one attached hydrogen (secondary N) is 3. The average Bonchev–Trinajstić information content (AvgIpc) is 1.28. The molecule has 10 aliphatic rings. The highest BCUT2D eigenvalue weighted by Gasteiger charge is 2.59. The van der Waals surface area contributed by atoms with Crippen LogP contribution >= 0.6 is 0 Å². The maximum Gasteiger partial charge on any atom is 0.318 e. The Morgan fingerprint density at radius 2 is 0.736 bits per heavy atom. The van der Waals surface area contributed by atoms with E-state index in [1.165, 1.54) is 79.2 Å². The Hall–Kier alpha value is -10.8. The standard InChI is InChI=1S/2C27H33N3O3.C24H29N3O3.C22H26N2O4S/c1-18-7-3-6-10-22(18)19-11-13-20(14-12-19)26-23-15-29(27(32)28-21-8-4-5-9-21)16-25(31)30(23)24(26)17-33-2;1-18-6-5-7-21(14-18)19-10-12-20(13-11-19)26-23-15-29(16-25(32)30(23)24(26)17-31)27(33)28-22-8-3-2-4-9-22;1-3-11-25-24(30)26-13-20-23(21(15-28)27(20)22(29)14-26)18-9-7-17(8-10-18)19-6-4-5-16(2)12-19;1-15-6-4-5-7-18(15)16-8-10-17(11-9-16)22-19-12-23(29(3,26)27)13-21(25)24(19)20(22)14-28-2/h3,6-7,10-14,21,23-24,26H,4-5,8-9,15-17H2,1-2H3,(H,28,32);5-7,10-14,22-24,26,31H,2-4,8-9,15-17H2,1H3,(H,28,33);4-10,12,20-21,23,28H,3,11,13-15H2,1-2H3,(H,25,30);4-11,19-20,22H,12-14H2,1-3H3/t23-,24+,26+;23-,24-,26+;20-,21+,23+;19-,20-,22+/m1000/s1. The Morgan fingerprint density at radius 1 is 0.400 bits per heavy atom. The first-order valence-corrected chi connectivity index (χ1v) is 46.5. The number of carbonyl (C=O) groups is 7. The Labute approximate surface area is 735 Å². The van der Waals surface area contributed by atoms with Gasteiger partial charge in [-0.05, 0) is 138 Å². The van der Waals surface area contributed by atoms with Gasteiger partial charge in [-0.15, -0.1) is 0 Å². The number of methoxy groups -OCH3 is 2. The molecule has 0 aromatic heterocycles. The first-order chi connectivity index (χ1) is 60.4. The van der Waals surface area contributed by atoms with Crippen molar-refractivity contribution < 1.29 is 61.7 Å². The average molecular weight is 1720 g/mol. The quantitative estimate of drug-likeness (QED) is 0.0504. The van der Waals surface area contributed by atoms with E-state index in [4.69, 9.17) is 9.47 Å². The van der Waals surface area contributed by atoms with Crippen LogP contribution in [0.25, 0.3) is 44.5 Å². The third-order valence-electron chi connectivity index (χ3n) is 27.5. The van der Waals surface area contributed by atoms with Gasteiger partial charge in [0.2, 0.25) is 33.7 Å². The minimum atomic E-state index is -3.41. The number of hydrogen-bond donors (Lipinski definition) is 5. The third kappa shape index (κ3) is 19.2. The van der Waals surface area contributed by atoms with Crippen LogP contribution in [0.1, 0.15) is 139 Å². The molecule has 0 spiro atoms. The van der Waals surface area contributed by atoms with Crippen LogP contribution in [0.15, 0.2) is 194 Å². The van der Waals surface area contributed by atoms with Gasteiger partial charge < -0.3 is 69.9 Å². The number of benzene rings is 8. The monoisotopic (exact) mass is 1720 g/mol. The van der Waals surface area contributed by atoms with Gasteiger partial charge in [-0.3, -0.25) is 19.2 Å². The van der Waals surface area contributed by atoms with E-state index < -0.39 is 10.0 Å². The van der Waals surface area contributed by atoms with Gasteiger partial charge >= 0.3 is 18.1 Å². The van der Waals surface area contributed by atoms with Crippen LogP contribution in [0, 0.1) is 27.7 Å². The molecule has 660 valence electrons. The molecule has 2 aliphatic carbocycles. The fraction of sp³-hybridized carbons (Fsp3) is 0.450. The second kappa shape index (κ2) is 39.4. The highest BCUT2D eigenvalue weighted by molar-refractivity contribution is 7.88. The summed E-state index contributed by atoms with van der Waals surface area (Å²) in [6.45, 7) is 13.9. The molecule has 5 N–H and O–H groups in total. The number of urea groups is 3. The molecule has 8 aromatic carbocycles. The van der Waals surface area contributed by atoms with Crippen LogP contribution in [-0.4, -0.2) is 265 Å². The summed E-state index contributed by atoms with van der Waals surface area (Å²) >= 11 is 0. The maximum absolute atomic E-state index is 13.0. The molecule has 24 nitrogen and oxygen atoms in total. The zero-order chi connectivity index (χ0) is 87.9. The summed E-state index contributed by atoms with van der Waals surface area (Å²) in [6.07, 6.45) is 12.0. The molecule has 10 fully saturated rings. The topological polar surface area (TPSA) is 275 Å². The molecule has 8 aromatic rings. The number of hydrogen-bond acceptors (Lipinski definition) is 13. The molecule has 8 aliphatic heterocycles. The molecule has 2 saturated carbocycles. The fourth-order valence-corrected chi connectivity index (χ4v) is 22.0. The second-order valence-corrected chi connectivity index (χ2v) is 37.6. The summed E-state index contributed by atoms with van der Waals surface area (Å²) in [5, 5.41) is 29.1. The molecule has 10 amide bonds. The molecular weight excluding hydrogens is 1600 g/mol. The zero-order valence-corrected chi connectivity index (χ0v) is 74.0. The van der Waals surface area contributed by atoms with Gasteiger partial charge in [-0.2, -0.15) is 4.31 Å². The van der Waals surface area contributed by atoms with Crippen molar-refractivity contribution in [1.82, 2.24) is 54.6 Å². The van der Waals surface area contributed by atoms with Gasteiger partial charge in [-0.1, -0.05) is 244 Å². The first kappa shape index (κ1) is 89.0. The Morgan fingerprint density at radius 3 is 1.09 bits per heavy atom. The van der Waals surface area contributed by atoms with E-state index in [1.807, 2.05) is 28.9 Å². The summed E-state index contributed by atoms with van der Waals surface area (Å²) in [5.41, 5.74) is 18.8. The lowest BCUT2D eigenvalue weighted by atomic mass is 9.73. The maximum atomic E-state index is 13.0. The van der Waals surface area contributed by atoms with E-state index in [0.29, 0.717) is 45.9 Å². The summed E-state index contributed by atoms with van der Waals surface area (Å²) in [5.74, 6) is -0.0511. The van der Waals surface area contributed by atoms with Crippen molar-refractivity contribution in [3.8, 4) is 44.5 Å². The van der Waals surface area contributed by atoms with E-state index in [0.717, 1.165) is 84.6 Å². The van der Waals surface area contributed by atoms with Gasteiger partial charge in [0.1, 0.15) is 19.6 Å². The predicted molar refractivity (Wildman–Crippen MR) is 484 cm³/mol. The minimum Gasteiger partial charge on any atom is -0.394 e. The SMILES string of the molecule is CCCNC(=O)N1CC(=O)N2[C@H](CO)[C@H](c3ccc(-c4cccc(C)c4)cc3)[C@@H]2C1.COC[C@H]1[C@@H](c2ccc(-c3ccccc3C)cc2)[C@H]2CN(C(=O)NC3CCCC3)CC(=O)N21.COC[C@H]1[C@H](c2ccc(-c3ccccc3C)cc2)[C@@H]2CN(S(C)(=O)=O)CC(=O)N12.Cc1cccc(-c2ccc([C@H]3[C@H](CO)N4C(=O)CN(C(=O)NC5CCCCC5)C[C@@H]34)cc2)c1. The molecule has 0 unspecified atom stereocenters. The van der Waals surface area contributed by atoms with Crippen molar-refractivity contribution in [2.24, 2.45) is 0 Å². The van der Waals surface area contributed by atoms with Crippen molar-refractivity contribution in [3.05, 3.63) is 239 Å². The minimum absolute atomic E-state index is 0.00922. The molecule has 12 atom stereocenters. The first-order valence-electron chi connectivity index (χ1n) is 44.6. The fourth-order valence-electron chi connectivity index (χ4n) is 21.2. The molecule has 8 heterocycles. The summed E-state index contributed by atoms with van der Waals surface area (Å²) in [4.78, 5) is 102. The van der Waals surface area contributed by atoms with Crippen molar-refractivity contribution in [1.29, 1.82) is 0 Å². The molecule has 125 heavy (non-hydrogen) atoms. The van der Waals surface area contributed by atoms with Gasteiger partial charge in [0.15, 0.2) is 0 Å². The van der Waals surface area contributed by atoms with Crippen LogP contribution in [0.4, 0.5) is 14.4 Å². The van der Waals surface area contributed by atoms with E-state index in [9.17, 15) is 52.2 Å². The molecular formula is C100H121N11O13S. The highest BCUT2D eigenvalue weighted by atomic mass is 32.2. The number of aryl methyl sites for hydroxylation is 4. The summed E-state index contributed by atoms with van der Waals surface area (Å²) in [6, 6.07) is 66.5. The number of fused-ring (bicyclic) bond motifs is 4. The highest BCUT2D eigenvalue weighted by Crippen LogP contribution is 2.49. The van der Waals surface area contributed by atoms with Gasteiger partial charge in [0, 0.05) is 82.7 Å². The van der Waals surface area contributed by atoms with Crippen molar-refractivity contribution in [3.63, 3.8) is 0 Å². The number of piperazine rings is 4. The van der Waals surface area contributed by atoms with Crippen molar-refractivity contribution in [2.75, 3.05) is 106 Å². The molecule has 0 radical (unpaired) electrons. The number of amides is 10. The number of carbonyl (C=O) groups excluding carboxylic acids is 7. The third-order valence-corrected chi connectivity index (χ3v) is 28.8. The predicted octanol–water partition coefficient (Wildman–Crippen LogP) is 12.6. The normalized spacial score (nSPS) is 24.6. The number of nitrogens with zero attached hydrogens (tertiary/aromatic N) is 8. The van der Waals surface area contributed by atoms with E-state index in [2.05, 4.69) is 226 Å². The van der Waals surface area contributed by atoms with Crippen LogP contribution in [0.5, 0.6) is 0 Å². The van der Waals surface area contributed by atoms with Crippen molar-refractivity contribution >= 4 is 51.7 Å². The lowest BCUT2D eigenvalue weighted by molar-refractivity contribution is -0.160. The lowest BCUT2D eigenvalue weighted by Crippen LogP contribution is -2.74. The molecule has 18 rings (SSSR count). The number of aliphatic hydroxyl groups excluding tert-OH is 2. The van der Waals surface area contributed by atoms with Gasteiger partial charge in [0.25, 0.3) is 0 Å².